The van der Waals surface area contributed by atoms with Crippen LogP contribution in [-0.4, -0.2) is 38.1 Å². The maximum Gasteiger partial charge on any atom is 0.331 e. The van der Waals surface area contributed by atoms with Crippen molar-refractivity contribution in [1.29, 1.82) is 0 Å². The van der Waals surface area contributed by atoms with Gasteiger partial charge in [-0.3, -0.25) is 9.59 Å². The molecule has 8 heteroatoms. The third-order valence-corrected chi connectivity index (χ3v) is 4.75. The van der Waals surface area contributed by atoms with E-state index >= 15 is 0 Å². The number of anilines is 2. The molecular formula is C27H26N2O6. The van der Waals surface area contributed by atoms with Crippen molar-refractivity contribution in [2.24, 2.45) is 0 Å². The number of para-hydroxylation sites is 3. The molecule has 3 aromatic rings. The molecule has 180 valence electrons. The van der Waals surface area contributed by atoms with Crippen molar-refractivity contribution in [3.05, 3.63) is 90.0 Å². The molecule has 8 nitrogen and oxygen atoms in total. The Labute approximate surface area is 203 Å². The summed E-state index contributed by atoms with van der Waals surface area (Å²) >= 11 is 0. The number of methoxy groups -OCH3 is 1. The number of hydrogen-bond acceptors (Lipinski definition) is 6. The highest BCUT2D eigenvalue weighted by Gasteiger charge is 2.11. The minimum Gasteiger partial charge on any atom is -0.495 e. The molecule has 0 aromatic heterocycles. The van der Waals surface area contributed by atoms with E-state index in [4.69, 9.17) is 14.2 Å². The van der Waals surface area contributed by atoms with Gasteiger partial charge in [0.05, 0.1) is 19.4 Å². The zero-order chi connectivity index (χ0) is 25.0. The van der Waals surface area contributed by atoms with Gasteiger partial charge >= 0.3 is 5.97 Å². The second kappa shape index (κ2) is 12.6. The molecular weight excluding hydrogens is 448 g/mol. The molecule has 0 bridgehead atoms. The minimum atomic E-state index is -0.658. The summed E-state index contributed by atoms with van der Waals surface area (Å²) in [6.45, 7) is 1.92. The van der Waals surface area contributed by atoms with Gasteiger partial charge < -0.3 is 24.8 Å². The van der Waals surface area contributed by atoms with E-state index in [1.807, 2.05) is 25.1 Å². The molecule has 0 heterocycles. The Morgan fingerprint density at radius 2 is 1.54 bits per heavy atom. The molecule has 2 N–H and O–H groups in total. The van der Waals surface area contributed by atoms with Gasteiger partial charge in [0.15, 0.2) is 6.61 Å². The van der Waals surface area contributed by atoms with Crippen LogP contribution in [0.25, 0.3) is 6.08 Å². The molecule has 0 radical (unpaired) electrons. The van der Waals surface area contributed by atoms with E-state index < -0.39 is 18.5 Å². The maximum atomic E-state index is 12.5. The second-order valence-electron chi connectivity index (χ2n) is 7.19. The first-order valence-corrected chi connectivity index (χ1v) is 10.9. The molecule has 2 amide bonds. The van der Waals surface area contributed by atoms with Crippen LogP contribution in [0.1, 0.15) is 22.8 Å². The molecule has 3 aromatic carbocycles. The Bertz CT molecular complexity index is 1200. The summed E-state index contributed by atoms with van der Waals surface area (Å²) in [5.41, 5.74) is 2.14. The molecule has 0 saturated heterocycles. The largest absolute Gasteiger partial charge is 0.495 e. The standard InChI is InChI=1S/C27H26N2O6/c1-3-34-23-10-6-4-8-19(23)14-17-26(31)35-18-25(30)28-21-15-12-20(13-16-21)27(32)29-22-9-5-7-11-24(22)33-2/h4-17H,3,18H2,1-2H3,(H,28,30)(H,29,32)/b17-14+. The van der Waals surface area contributed by atoms with Crippen LogP contribution in [0.2, 0.25) is 0 Å². The van der Waals surface area contributed by atoms with Crippen LogP contribution in [0, 0.1) is 0 Å². The number of esters is 1. The summed E-state index contributed by atoms with van der Waals surface area (Å²) < 4.78 is 15.7. The van der Waals surface area contributed by atoms with Crippen molar-refractivity contribution in [3.8, 4) is 11.5 Å². The highest BCUT2D eigenvalue weighted by atomic mass is 16.5. The quantitative estimate of drug-likeness (QED) is 0.330. The molecule has 0 atom stereocenters. The first-order chi connectivity index (χ1) is 17.0. The highest BCUT2D eigenvalue weighted by molar-refractivity contribution is 6.05. The van der Waals surface area contributed by atoms with Crippen molar-refractivity contribution in [3.63, 3.8) is 0 Å². The number of rotatable bonds is 10. The molecule has 0 aliphatic heterocycles. The van der Waals surface area contributed by atoms with E-state index in [-0.39, 0.29) is 5.91 Å². The number of hydrogen-bond donors (Lipinski definition) is 2. The van der Waals surface area contributed by atoms with E-state index in [1.165, 1.54) is 13.2 Å². The average molecular weight is 475 g/mol. The molecule has 0 saturated carbocycles. The first-order valence-electron chi connectivity index (χ1n) is 10.9. The van der Waals surface area contributed by atoms with E-state index in [1.54, 1.807) is 60.7 Å². The summed E-state index contributed by atoms with van der Waals surface area (Å²) in [7, 11) is 1.53. The topological polar surface area (TPSA) is 103 Å². The minimum absolute atomic E-state index is 0.320. The third kappa shape index (κ3) is 7.46. The fourth-order valence-electron chi connectivity index (χ4n) is 3.09. The number of carbonyl (C=O) groups excluding carboxylic acids is 3. The molecule has 0 aliphatic carbocycles. The van der Waals surface area contributed by atoms with E-state index in [9.17, 15) is 14.4 Å². The fraction of sp³-hybridized carbons (Fsp3) is 0.148. The van der Waals surface area contributed by atoms with Crippen LogP contribution < -0.4 is 20.1 Å². The Morgan fingerprint density at radius 1 is 0.857 bits per heavy atom. The van der Waals surface area contributed by atoms with Gasteiger partial charge in [0.2, 0.25) is 0 Å². The third-order valence-electron chi connectivity index (χ3n) is 4.75. The molecule has 0 aliphatic rings. The van der Waals surface area contributed by atoms with Crippen molar-refractivity contribution >= 4 is 35.2 Å². The summed E-state index contributed by atoms with van der Waals surface area (Å²) in [6.07, 6.45) is 2.81. The van der Waals surface area contributed by atoms with Crippen molar-refractivity contribution in [2.45, 2.75) is 6.92 Å². The van der Waals surface area contributed by atoms with Gasteiger partial charge in [-0.25, -0.2) is 4.79 Å². The van der Waals surface area contributed by atoms with Crippen LogP contribution in [0.4, 0.5) is 11.4 Å². The number of ether oxygens (including phenoxy) is 3. The lowest BCUT2D eigenvalue weighted by molar-refractivity contribution is -0.142. The zero-order valence-corrected chi connectivity index (χ0v) is 19.4. The Balaban J connectivity index is 1.49. The number of amides is 2. The number of nitrogens with one attached hydrogen (secondary N) is 2. The first kappa shape index (κ1) is 25.0. The van der Waals surface area contributed by atoms with Crippen molar-refractivity contribution < 1.29 is 28.6 Å². The van der Waals surface area contributed by atoms with Crippen LogP contribution in [0.5, 0.6) is 11.5 Å². The summed E-state index contributed by atoms with van der Waals surface area (Å²) in [5.74, 6) is -0.286. The van der Waals surface area contributed by atoms with E-state index in [2.05, 4.69) is 10.6 Å². The van der Waals surface area contributed by atoms with Crippen LogP contribution in [0.15, 0.2) is 78.9 Å². The Hall–Kier alpha value is -4.59. The normalized spacial score (nSPS) is 10.5. The van der Waals surface area contributed by atoms with Gasteiger partial charge in [0, 0.05) is 22.9 Å². The monoisotopic (exact) mass is 474 g/mol. The molecule has 0 spiro atoms. The molecule has 35 heavy (non-hydrogen) atoms. The summed E-state index contributed by atoms with van der Waals surface area (Å²) in [5, 5.41) is 5.40. The number of carbonyl (C=O) groups is 3. The second-order valence-corrected chi connectivity index (χ2v) is 7.19. The lowest BCUT2D eigenvalue weighted by Gasteiger charge is -2.10. The van der Waals surface area contributed by atoms with Crippen LogP contribution in [-0.2, 0) is 14.3 Å². The lowest BCUT2D eigenvalue weighted by atomic mass is 10.2. The zero-order valence-electron chi connectivity index (χ0n) is 19.4. The van der Waals surface area contributed by atoms with Crippen molar-refractivity contribution in [1.82, 2.24) is 0 Å². The van der Waals surface area contributed by atoms with Crippen LogP contribution >= 0.6 is 0 Å². The van der Waals surface area contributed by atoms with E-state index in [0.29, 0.717) is 35.0 Å². The maximum absolute atomic E-state index is 12.5. The average Bonchev–Trinajstić information content (AvgIpc) is 2.88. The van der Waals surface area contributed by atoms with Gasteiger partial charge in [-0.15, -0.1) is 0 Å². The molecule has 0 unspecified atom stereocenters. The van der Waals surface area contributed by atoms with Gasteiger partial charge in [0.25, 0.3) is 11.8 Å². The fourth-order valence-corrected chi connectivity index (χ4v) is 3.09. The Morgan fingerprint density at radius 3 is 2.26 bits per heavy atom. The Kier molecular flexibility index (Phi) is 9.01. The van der Waals surface area contributed by atoms with Crippen molar-refractivity contribution in [2.75, 3.05) is 31.0 Å². The predicted molar refractivity (Wildman–Crippen MR) is 134 cm³/mol. The van der Waals surface area contributed by atoms with Crippen LogP contribution in [0.3, 0.4) is 0 Å². The molecule has 3 rings (SSSR count). The predicted octanol–water partition coefficient (Wildman–Crippen LogP) is 4.54. The van der Waals surface area contributed by atoms with Gasteiger partial charge in [-0.1, -0.05) is 30.3 Å². The van der Waals surface area contributed by atoms with Gasteiger partial charge in [-0.2, -0.15) is 0 Å². The SMILES string of the molecule is CCOc1ccccc1/C=C/C(=O)OCC(=O)Nc1ccc(C(=O)Nc2ccccc2OC)cc1. The van der Waals surface area contributed by atoms with Gasteiger partial charge in [-0.05, 0) is 55.5 Å². The smallest absolute Gasteiger partial charge is 0.331 e. The lowest BCUT2D eigenvalue weighted by Crippen LogP contribution is -2.20. The van der Waals surface area contributed by atoms with Gasteiger partial charge in [0.1, 0.15) is 11.5 Å². The highest BCUT2D eigenvalue weighted by Crippen LogP contribution is 2.24. The molecule has 0 fully saturated rings. The van der Waals surface area contributed by atoms with E-state index in [0.717, 1.165) is 5.56 Å². The number of benzene rings is 3. The summed E-state index contributed by atoms with van der Waals surface area (Å²) in [4.78, 5) is 36.6. The summed E-state index contributed by atoms with van der Waals surface area (Å²) in [6, 6.07) is 20.7.